The highest BCUT2D eigenvalue weighted by Crippen LogP contribution is 2.40. The van der Waals surface area contributed by atoms with Gasteiger partial charge in [0.1, 0.15) is 11.5 Å². The number of aromatic hydroxyl groups is 1. The summed E-state index contributed by atoms with van der Waals surface area (Å²) in [5.41, 5.74) is 4.74. The van der Waals surface area contributed by atoms with Crippen LogP contribution < -0.4 is 4.74 Å². The van der Waals surface area contributed by atoms with Gasteiger partial charge in [-0.25, -0.2) is 0 Å². The van der Waals surface area contributed by atoms with Crippen LogP contribution in [0.2, 0.25) is 0 Å². The SMILES string of the molecule is CC/C([C]1[CH][CH][CH][CH]1)=C(\c1ccc(O)cc1)c1ccc(OCCCCBr)cc1. The van der Waals surface area contributed by atoms with Crippen LogP contribution in [-0.4, -0.2) is 17.0 Å². The maximum absolute atomic E-state index is 9.71. The van der Waals surface area contributed by atoms with E-state index in [1.165, 1.54) is 17.1 Å². The second kappa shape index (κ2) is 10.7. The molecule has 3 heteroatoms. The van der Waals surface area contributed by atoms with Crippen LogP contribution in [-0.2, 0) is 0 Å². The Kier molecular flexibility index (Phi) is 8.02. The molecule has 1 saturated carbocycles. The van der Waals surface area contributed by atoms with Crippen LogP contribution in [0.1, 0.15) is 37.3 Å². The normalized spacial score (nSPS) is 15.5. The number of allylic oxidation sites excluding steroid dienone is 1. The van der Waals surface area contributed by atoms with Gasteiger partial charge in [0.2, 0.25) is 0 Å². The molecule has 0 bridgehead atoms. The number of hydrogen-bond donors (Lipinski definition) is 1. The van der Waals surface area contributed by atoms with Gasteiger partial charge < -0.3 is 9.84 Å². The minimum Gasteiger partial charge on any atom is -0.508 e. The van der Waals surface area contributed by atoms with Crippen LogP contribution in [0.5, 0.6) is 11.5 Å². The van der Waals surface area contributed by atoms with E-state index in [9.17, 15) is 5.11 Å². The van der Waals surface area contributed by atoms with Crippen molar-refractivity contribution in [1.82, 2.24) is 0 Å². The zero-order valence-electron chi connectivity index (χ0n) is 16.2. The summed E-state index contributed by atoms with van der Waals surface area (Å²) in [6.45, 7) is 2.92. The molecule has 0 aromatic heterocycles. The van der Waals surface area contributed by atoms with Gasteiger partial charge in [0.25, 0.3) is 0 Å². The van der Waals surface area contributed by atoms with Crippen molar-refractivity contribution in [2.24, 2.45) is 0 Å². The Balaban J connectivity index is 1.91. The molecule has 2 aromatic carbocycles. The Labute approximate surface area is 177 Å². The van der Waals surface area contributed by atoms with E-state index < -0.39 is 0 Å². The third-order valence-corrected chi connectivity index (χ3v) is 5.32. The van der Waals surface area contributed by atoms with Crippen LogP contribution >= 0.6 is 15.9 Å². The lowest BCUT2D eigenvalue weighted by atomic mass is 9.84. The number of rotatable bonds is 9. The fraction of sp³-hybridized carbons (Fsp3) is 0.240. The highest BCUT2D eigenvalue weighted by atomic mass is 79.9. The lowest BCUT2D eigenvalue weighted by Crippen LogP contribution is -2.03. The van der Waals surface area contributed by atoms with E-state index in [0.29, 0.717) is 0 Å². The van der Waals surface area contributed by atoms with Gasteiger partial charge in [-0.3, -0.25) is 0 Å². The van der Waals surface area contributed by atoms with Crippen LogP contribution in [0.4, 0.5) is 0 Å². The molecular weight excluding hydrogens is 412 g/mol. The predicted molar refractivity (Wildman–Crippen MR) is 120 cm³/mol. The first-order valence-corrected chi connectivity index (χ1v) is 10.9. The van der Waals surface area contributed by atoms with E-state index in [2.05, 4.69) is 60.7 Å². The standard InChI is InChI=1S/C25H26BrO2/c1-2-24(19-7-3-4-8-19)25(20-9-13-22(27)14-10-20)21-11-15-23(16-12-21)28-18-6-5-17-26/h3-4,7-16,27H,2,5-6,17-18H2,1H3/b25-24-. The smallest absolute Gasteiger partial charge is 0.119 e. The molecule has 145 valence electrons. The zero-order valence-corrected chi connectivity index (χ0v) is 17.8. The lowest BCUT2D eigenvalue weighted by Gasteiger charge is -2.20. The van der Waals surface area contributed by atoms with Gasteiger partial charge in [-0.05, 0) is 85.9 Å². The van der Waals surface area contributed by atoms with Crippen molar-refractivity contribution in [3.63, 3.8) is 0 Å². The van der Waals surface area contributed by atoms with Crippen LogP contribution in [0.3, 0.4) is 0 Å². The third kappa shape index (κ3) is 5.41. The molecule has 2 aromatic rings. The number of alkyl halides is 1. The van der Waals surface area contributed by atoms with Gasteiger partial charge >= 0.3 is 0 Å². The van der Waals surface area contributed by atoms with Crippen molar-refractivity contribution in [2.45, 2.75) is 26.2 Å². The van der Waals surface area contributed by atoms with Gasteiger partial charge in [-0.15, -0.1) is 0 Å². The number of hydrogen-bond acceptors (Lipinski definition) is 2. The second-order valence-electron chi connectivity index (χ2n) is 6.70. The molecule has 0 heterocycles. The number of ether oxygens (including phenoxy) is 1. The van der Waals surface area contributed by atoms with E-state index in [-0.39, 0.29) is 5.75 Å². The Bertz CT molecular complexity index is 756. The lowest BCUT2D eigenvalue weighted by molar-refractivity contribution is 0.310. The molecule has 0 saturated heterocycles. The van der Waals surface area contributed by atoms with Crippen LogP contribution in [0.15, 0.2) is 54.1 Å². The second-order valence-corrected chi connectivity index (χ2v) is 7.49. The van der Waals surface area contributed by atoms with Crippen molar-refractivity contribution in [3.05, 3.63) is 96.8 Å². The van der Waals surface area contributed by atoms with Crippen molar-refractivity contribution >= 4 is 21.5 Å². The number of phenolic OH excluding ortho intramolecular Hbond substituents is 1. The first-order valence-electron chi connectivity index (χ1n) is 9.76. The summed E-state index contributed by atoms with van der Waals surface area (Å²) in [6, 6.07) is 15.8. The molecule has 1 fully saturated rings. The predicted octanol–water partition coefficient (Wildman–Crippen LogP) is 6.56. The Morgan fingerprint density at radius 3 is 2.07 bits per heavy atom. The highest BCUT2D eigenvalue weighted by molar-refractivity contribution is 9.09. The van der Waals surface area contributed by atoms with Crippen molar-refractivity contribution in [1.29, 1.82) is 0 Å². The maximum Gasteiger partial charge on any atom is 0.119 e. The molecule has 3 rings (SSSR count). The van der Waals surface area contributed by atoms with Crippen molar-refractivity contribution in [2.75, 3.05) is 11.9 Å². The minimum atomic E-state index is 0.279. The first kappa shape index (κ1) is 21.0. The molecule has 2 nitrogen and oxygen atoms in total. The van der Waals surface area contributed by atoms with Crippen molar-refractivity contribution in [3.8, 4) is 11.5 Å². The van der Waals surface area contributed by atoms with Gasteiger partial charge in [-0.2, -0.15) is 0 Å². The Hall–Kier alpha value is -1.74. The van der Waals surface area contributed by atoms with E-state index in [0.717, 1.165) is 48.1 Å². The summed E-state index contributed by atoms with van der Waals surface area (Å²) in [5.74, 6) is 2.41. The molecule has 0 atom stereocenters. The summed E-state index contributed by atoms with van der Waals surface area (Å²) in [5, 5.41) is 10.7. The quantitative estimate of drug-likeness (QED) is 0.355. The summed E-state index contributed by atoms with van der Waals surface area (Å²) in [7, 11) is 0. The summed E-state index contributed by atoms with van der Waals surface area (Å²) >= 11 is 3.45. The van der Waals surface area contributed by atoms with Gasteiger partial charge in [0, 0.05) is 11.2 Å². The molecule has 1 aliphatic rings. The fourth-order valence-corrected chi connectivity index (χ4v) is 3.74. The molecule has 5 radical (unpaired) electrons. The van der Waals surface area contributed by atoms with E-state index in [4.69, 9.17) is 4.74 Å². The first-order chi connectivity index (χ1) is 13.7. The van der Waals surface area contributed by atoms with Gasteiger partial charge in [0.15, 0.2) is 0 Å². The number of halogens is 1. The maximum atomic E-state index is 9.71. The van der Waals surface area contributed by atoms with Crippen molar-refractivity contribution < 1.29 is 9.84 Å². The van der Waals surface area contributed by atoms with E-state index in [1.807, 2.05) is 24.3 Å². The molecule has 0 spiro atoms. The average Bonchev–Trinajstić information content (AvgIpc) is 3.25. The number of unbranched alkanes of at least 4 members (excludes halogenated alkanes) is 1. The topological polar surface area (TPSA) is 29.5 Å². The molecule has 0 amide bonds. The molecule has 1 N–H and O–H groups in total. The van der Waals surface area contributed by atoms with Crippen LogP contribution in [0, 0.1) is 31.6 Å². The van der Waals surface area contributed by atoms with Gasteiger partial charge in [-0.1, -0.05) is 52.7 Å². The molecule has 28 heavy (non-hydrogen) atoms. The molecule has 0 unspecified atom stereocenters. The highest BCUT2D eigenvalue weighted by Gasteiger charge is 2.24. The Morgan fingerprint density at radius 2 is 1.50 bits per heavy atom. The van der Waals surface area contributed by atoms with E-state index in [1.54, 1.807) is 12.1 Å². The minimum absolute atomic E-state index is 0.279. The summed E-state index contributed by atoms with van der Waals surface area (Å²) in [6.07, 6.45) is 11.5. The van der Waals surface area contributed by atoms with Crippen LogP contribution in [0.25, 0.3) is 5.57 Å². The zero-order chi connectivity index (χ0) is 19.8. The van der Waals surface area contributed by atoms with Gasteiger partial charge in [0.05, 0.1) is 6.61 Å². The fourth-order valence-electron chi connectivity index (χ4n) is 3.35. The largest absolute Gasteiger partial charge is 0.508 e. The Morgan fingerprint density at radius 1 is 0.893 bits per heavy atom. The number of benzene rings is 2. The third-order valence-electron chi connectivity index (χ3n) is 4.76. The monoisotopic (exact) mass is 437 g/mol. The average molecular weight is 438 g/mol. The molecule has 0 aliphatic heterocycles. The summed E-state index contributed by atoms with van der Waals surface area (Å²) in [4.78, 5) is 0. The summed E-state index contributed by atoms with van der Waals surface area (Å²) < 4.78 is 5.85. The molecule has 1 aliphatic carbocycles. The van der Waals surface area contributed by atoms with E-state index >= 15 is 0 Å². The molecular formula is C25H26BrO2. The number of phenols is 1.